The maximum absolute atomic E-state index is 5.65. The standard InChI is InChI=1S/C8H11BrN2/c1-6(10)4-7-2-3-11-5-8(7)9/h2-3,5-6H,4,10H2,1H3/t6-/m0/s1. The largest absolute Gasteiger partial charge is 0.328 e. The fraction of sp³-hybridized carbons (Fsp3) is 0.375. The molecule has 0 aliphatic carbocycles. The van der Waals surface area contributed by atoms with E-state index in [0.29, 0.717) is 0 Å². The summed E-state index contributed by atoms with van der Waals surface area (Å²) >= 11 is 3.41. The van der Waals surface area contributed by atoms with Crippen LogP contribution in [0.3, 0.4) is 0 Å². The lowest BCUT2D eigenvalue weighted by Crippen LogP contribution is -2.17. The molecule has 1 aromatic rings. The van der Waals surface area contributed by atoms with E-state index in [1.165, 1.54) is 5.56 Å². The van der Waals surface area contributed by atoms with E-state index in [2.05, 4.69) is 20.9 Å². The highest BCUT2D eigenvalue weighted by molar-refractivity contribution is 9.10. The zero-order valence-electron chi connectivity index (χ0n) is 6.42. The van der Waals surface area contributed by atoms with Crippen molar-refractivity contribution in [1.82, 2.24) is 4.98 Å². The summed E-state index contributed by atoms with van der Waals surface area (Å²) < 4.78 is 1.04. The summed E-state index contributed by atoms with van der Waals surface area (Å²) in [4.78, 5) is 3.96. The molecule has 1 aromatic heterocycles. The van der Waals surface area contributed by atoms with Crippen molar-refractivity contribution >= 4 is 15.9 Å². The molecule has 0 aromatic carbocycles. The molecule has 1 heterocycles. The van der Waals surface area contributed by atoms with Crippen LogP contribution in [-0.2, 0) is 6.42 Å². The van der Waals surface area contributed by atoms with Crippen molar-refractivity contribution in [2.45, 2.75) is 19.4 Å². The van der Waals surface area contributed by atoms with Crippen molar-refractivity contribution in [3.63, 3.8) is 0 Å². The van der Waals surface area contributed by atoms with Crippen LogP contribution in [0.5, 0.6) is 0 Å². The van der Waals surface area contributed by atoms with Gasteiger partial charge in [0.15, 0.2) is 0 Å². The van der Waals surface area contributed by atoms with Gasteiger partial charge in [0.05, 0.1) is 0 Å². The van der Waals surface area contributed by atoms with Crippen LogP contribution in [0.25, 0.3) is 0 Å². The summed E-state index contributed by atoms with van der Waals surface area (Å²) in [6.07, 6.45) is 4.46. The van der Waals surface area contributed by atoms with Crippen LogP contribution in [-0.4, -0.2) is 11.0 Å². The SMILES string of the molecule is C[C@H](N)Cc1ccncc1Br. The van der Waals surface area contributed by atoms with Gasteiger partial charge in [-0.3, -0.25) is 4.98 Å². The summed E-state index contributed by atoms with van der Waals surface area (Å²) in [6, 6.07) is 2.18. The molecule has 1 rings (SSSR count). The van der Waals surface area contributed by atoms with Gasteiger partial charge in [-0.15, -0.1) is 0 Å². The average molecular weight is 215 g/mol. The van der Waals surface area contributed by atoms with Crippen molar-refractivity contribution < 1.29 is 0 Å². The number of nitrogens with zero attached hydrogens (tertiary/aromatic N) is 1. The summed E-state index contributed by atoms with van der Waals surface area (Å²) in [6.45, 7) is 1.99. The molecule has 0 saturated heterocycles. The van der Waals surface area contributed by atoms with Crippen LogP contribution in [0.2, 0.25) is 0 Å². The first-order valence-corrected chi connectivity index (χ1v) is 4.33. The van der Waals surface area contributed by atoms with Gasteiger partial charge in [0, 0.05) is 22.9 Å². The van der Waals surface area contributed by atoms with Crippen LogP contribution in [0.4, 0.5) is 0 Å². The topological polar surface area (TPSA) is 38.9 Å². The Morgan fingerprint density at radius 1 is 1.73 bits per heavy atom. The highest BCUT2D eigenvalue weighted by Gasteiger charge is 2.00. The Labute approximate surface area is 75.0 Å². The molecule has 0 aliphatic rings. The Kier molecular flexibility index (Phi) is 3.02. The Bertz CT molecular complexity index is 235. The van der Waals surface area contributed by atoms with Gasteiger partial charge in [-0.25, -0.2) is 0 Å². The van der Waals surface area contributed by atoms with Crippen molar-refractivity contribution in [2.75, 3.05) is 0 Å². The minimum Gasteiger partial charge on any atom is -0.328 e. The predicted octanol–water partition coefficient (Wildman–Crippen LogP) is 1.73. The molecule has 2 nitrogen and oxygen atoms in total. The van der Waals surface area contributed by atoms with Gasteiger partial charge in [-0.1, -0.05) is 0 Å². The van der Waals surface area contributed by atoms with Crippen LogP contribution in [0.15, 0.2) is 22.9 Å². The molecule has 0 unspecified atom stereocenters. The third-order valence-electron chi connectivity index (χ3n) is 1.40. The summed E-state index contributed by atoms with van der Waals surface area (Å²) in [5, 5.41) is 0. The fourth-order valence-electron chi connectivity index (χ4n) is 0.916. The molecular formula is C8H11BrN2. The normalized spacial score (nSPS) is 13.0. The summed E-state index contributed by atoms with van der Waals surface area (Å²) in [5.74, 6) is 0. The van der Waals surface area contributed by atoms with Crippen molar-refractivity contribution in [3.05, 3.63) is 28.5 Å². The van der Waals surface area contributed by atoms with Crippen LogP contribution >= 0.6 is 15.9 Å². The third kappa shape index (κ3) is 2.60. The van der Waals surface area contributed by atoms with Gasteiger partial charge in [0.1, 0.15) is 0 Å². The predicted molar refractivity (Wildman–Crippen MR) is 49.3 cm³/mol. The molecule has 3 heteroatoms. The lowest BCUT2D eigenvalue weighted by Gasteiger charge is -2.05. The average Bonchev–Trinajstić information content (AvgIpc) is 1.93. The molecule has 1 atom stereocenters. The quantitative estimate of drug-likeness (QED) is 0.815. The van der Waals surface area contributed by atoms with Gasteiger partial charge in [-0.05, 0) is 40.9 Å². The number of rotatable bonds is 2. The Balaban J connectivity index is 2.78. The number of nitrogens with two attached hydrogens (primary N) is 1. The van der Waals surface area contributed by atoms with E-state index < -0.39 is 0 Å². The number of pyridine rings is 1. The monoisotopic (exact) mass is 214 g/mol. The number of aromatic nitrogens is 1. The summed E-state index contributed by atoms with van der Waals surface area (Å²) in [7, 11) is 0. The molecular weight excluding hydrogens is 204 g/mol. The zero-order chi connectivity index (χ0) is 8.27. The molecule has 11 heavy (non-hydrogen) atoms. The Morgan fingerprint density at radius 2 is 2.45 bits per heavy atom. The van der Waals surface area contributed by atoms with E-state index in [9.17, 15) is 0 Å². The molecule has 60 valence electrons. The molecule has 0 spiro atoms. The molecule has 0 aliphatic heterocycles. The van der Waals surface area contributed by atoms with Crippen LogP contribution < -0.4 is 5.73 Å². The first-order chi connectivity index (χ1) is 5.20. The molecule has 0 bridgehead atoms. The van der Waals surface area contributed by atoms with Crippen molar-refractivity contribution in [1.29, 1.82) is 0 Å². The lowest BCUT2D eigenvalue weighted by molar-refractivity contribution is 0.735. The Morgan fingerprint density at radius 3 is 3.00 bits per heavy atom. The molecule has 0 saturated carbocycles. The highest BCUT2D eigenvalue weighted by atomic mass is 79.9. The highest BCUT2D eigenvalue weighted by Crippen LogP contribution is 2.15. The lowest BCUT2D eigenvalue weighted by atomic mass is 10.1. The van der Waals surface area contributed by atoms with E-state index in [4.69, 9.17) is 5.73 Å². The second kappa shape index (κ2) is 3.83. The second-order valence-electron chi connectivity index (χ2n) is 2.65. The molecule has 0 radical (unpaired) electrons. The molecule has 0 amide bonds. The smallest absolute Gasteiger partial charge is 0.0412 e. The van der Waals surface area contributed by atoms with E-state index in [0.717, 1.165) is 10.9 Å². The van der Waals surface area contributed by atoms with E-state index in [1.807, 2.05) is 13.0 Å². The van der Waals surface area contributed by atoms with Crippen molar-refractivity contribution in [3.8, 4) is 0 Å². The maximum atomic E-state index is 5.65. The van der Waals surface area contributed by atoms with Crippen LogP contribution in [0, 0.1) is 0 Å². The number of hydrogen-bond acceptors (Lipinski definition) is 2. The Hall–Kier alpha value is -0.410. The zero-order valence-corrected chi connectivity index (χ0v) is 8.01. The van der Waals surface area contributed by atoms with Gasteiger partial charge in [0.25, 0.3) is 0 Å². The molecule has 0 fully saturated rings. The van der Waals surface area contributed by atoms with E-state index in [-0.39, 0.29) is 6.04 Å². The van der Waals surface area contributed by atoms with Gasteiger partial charge < -0.3 is 5.73 Å². The number of halogens is 1. The van der Waals surface area contributed by atoms with Crippen molar-refractivity contribution in [2.24, 2.45) is 5.73 Å². The second-order valence-corrected chi connectivity index (χ2v) is 3.50. The summed E-state index contributed by atoms with van der Waals surface area (Å²) in [5.41, 5.74) is 6.87. The van der Waals surface area contributed by atoms with Gasteiger partial charge in [-0.2, -0.15) is 0 Å². The van der Waals surface area contributed by atoms with Crippen LogP contribution in [0.1, 0.15) is 12.5 Å². The number of hydrogen-bond donors (Lipinski definition) is 1. The van der Waals surface area contributed by atoms with E-state index >= 15 is 0 Å². The van der Waals surface area contributed by atoms with Gasteiger partial charge >= 0.3 is 0 Å². The fourth-order valence-corrected chi connectivity index (χ4v) is 1.33. The minimum atomic E-state index is 0.202. The van der Waals surface area contributed by atoms with E-state index in [1.54, 1.807) is 12.4 Å². The third-order valence-corrected chi connectivity index (χ3v) is 2.11. The maximum Gasteiger partial charge on any atom is 0.0412 e. The van der Waals surface area contributed by atoms with Gasteiger partial charge in [0.2, 0.25) is 0 Å². The first kappa shape index (κ1) is 8.68. The first-order valence-electron chi connectivity index (χ1n) is 3.54. The molecule has 2 N–H and O–H groups in total. The minimum absolute atomic E-state index is 0.202.